The Kier molecular flexibility index (Phi) is 2.72. The minimum atomic E-state index is -0.524. The van der Waals surface area contributed by atoms with Crippen LogP contribution in [0.4, 0.5) is 0 Å². The Balaban J connectivity index is 2.53. The summed E-state index contributed by atoms with van der Waals surface area (Å²) in [4.78, 5) is 15.2. The molecule has 0 atom stereocenters. The van der Waals surface area contributed by atoms with Gasteiger partial charge in [-0.3, -0.25) is 0 Å². The molecule has 4 nitrogen and oxygen atoms in total. The summed E-state index contributed by atoms with van der Waals surface area (Å²) in [5.41, 5.74) is 0.123. The van der Waals surface area contributed by atoms with Gasteiger partial charge in [-0.05, 0) is 24.4 Å². The molecule has 0 fully saturated rings. The molecule has 0 saturated heterocycles. The molecule has 0 aliphatic carbocycles. The first-order valence-corrected chi connectivity index (χ1v) is 4.98. The first kappa shape index (κ1) is 10.4. The number of carbonyl (C=O) groups excluding carboxylic acids is 1. The number of ether oxygens (including phenoxy) is 1. The molecule has 0 saturated carbocycles. The standard InChI is InChI=1S/C12H11NO3/c1-2-16-12(15)10-7-8-5-3-4-6-9(8)11(14)13-10/h3-7H,2H2,1H3,(H,13,14). The van der Waals surface area contributed by atoms with Crippen molar-refractivity contribution in [1.82, 2.24) is 4.98 Å². The van der Waals surface area contributed by atoms with Gasteiger partial charge in [0.1, 0.15) is 0 Å². The second kappa shape index (κ2) is 4.18. The number of aromatic hydroxyl groups is 1. The molecule has 0 amide bonds. The predicted molar refractivity (Wildman–Crippen MR) is 59.4 cm³/mol. The van der Waals surface area contributed by atoms with Crippen molar-refractivity contribution in [2.45, 2.75) is 6.92 Å². The summed E-state index contributed by atoms with van der Waals surface area (Å²) < 4.78 is 4.82. The van der Waals surface area contributed by atoms with Crippen LogP contribution in [0.1, 0.15) is 17.4 Å². The summed E-state index contributed by atoms with van der Waals surface area (Å²) in [6, 6.07) is 8.78. The number of aromatic nitrogens is 1. The number of hydrogen-bond donors (Lipinski definition) is 1. The third-order valence-corrected chi connectivity index (χ3v) is 2.20. The number of esters is 1. The average molecular weight is 217 g/mol. The fourth-order valence-corrected chi connectivity index (χ4v) is 1.49. The summed E-state index contributed by atoms with van der Waals surface area (Å²) in [5, 5.41) is 11.0. The summed E-state index contributed by atoms with van der Waals surface area (Å²) >= 11 is 0. The number of pyridine rings is 1. The number of hydrogen-bond acceptors (Lipinski definition) is 4. The van der Waals surface area contributed by atoms with Crippen LogP contribution < -0.4 is 0 Å². The lowest BCUT2D eigenvalue weighted by molar-refractivity contribution is 0.0518. The molecular formula is C12H11NO3. The van der Waals surface area contributed by atoms with Gasteiger partial charge in [-0.25, -0.2) is 9.78 Å². The summed E-state index contributed by atoms with van der Waals surface area (Å²) in [6.45, 7) is 2.01. The molecule has 1 aromatic carbocycles. The SMILES string of the molecule is CCOC(=O)c1cc2ccccc2c(O)n1. The molecule has 0 aliphatic heterocycles. The van der Waals surface area contributed by atoms with E-state index in [4.69, 9.17) is 4.74 Å². The van der Waals surface area contributed by atoms with Crippen molar-refractivity contribution in [1.29, 1.82) is 0 Å². The minimum absolute atomic E-state index is 0.123. The van der Waals surface area contributed by atoms with E-state index in [2.05, 4.69) is 4.98 Å². The van der Waals surface area contributed by atoms with E-state index in [1.807, 2.05) is 6.07 Å². The van der Waals surface area contributed by atoms with Gasteiger partial charge in [0.05, 0.1) is 6.61 Å². The molecule has 1 N–H and O–H groups in total. The Morgan fingerprint density at radius 1 is 1.44 bits per heavy atom. The zero-order valence-electron chi connectivity index (χ0n) is 8.80. The quantitative estimate of drug-likeness (QED) is 0.783. The minimum Gasteiger partial charge on any atom is -0.493 e. The summed E-state index contributed by atoms with van der Waals surface area (Å²) in [5.74, 6) is -0.676. The van der Waals surface area contributed by atoms with Gasteiger partial charge in [0.25, 0.3) is 0 Å². The second-order valence-electron chi connectivity index (χ2n) is 3.27. The van der Waals surface area contributed by atoms with Crippen LogP contribution in [0.2, 0.25) is 0 Å². The molecule has 4 heteroatoms. The summed E-state index contributed by atoms with van der Waals surface area (Å²) in [7, 11) is 0. The monoisotopic (exact) mass is 217 g/mol. The van der Waals surface area contributed by atoms with E-state index in [-0.39, 0.29) is 18.2 Å². The van der Waals surface area contributed by atoms with Crippen molar-refractivity contribution in [2.24, 2.45) is 0 Å². The van der Waals surface area contributed by atoms with Gasteiger partial charge >= 0.3 is 5.97 Å². The van der Waals surface area contributed by atoms with Crippen LogP contribution in [-0.2, 0) is 4.74 Å². The lowest BCUT2D eigenvalue weighted by atomic mass is 10.1. The smallest absolute Gasteiger partial charge is 0.357 e. The van der Waals surface area contributed by atoms with Crippen molar-refractivity contribution in [3.05, 3.63) is 36.0 Å². The molecule has 1 aromatic heterocycles. The first-order chi connectivity index (χ1) is 7.72. The average Bonchev–Trinajstić information content (AvgIpc) is 2.29. The maximum absolute atomic E-state index is 11.4. The largest absolute Gasteiger partial charge is 0.493 e. The molecule has 1 heterocycles. The number of nitrogens with zero attached hydrogens (tertiary/aromatic N) is 1. The Morgan fingerprint density at radius 2 is 2.19 bits per heavy atom. The van der Waals surface area contributed by atoms with E-state index >= 15 is 0 Å². The fourth-order valence-electron chi connectivity index (χ4n) is 1.49. The fraction of sp³-hybridized carbons (Fsp3) is 0.167. The second-order valence-corrected chi connectivity index (χ2v) is 3.27. The van der Waals surface area contributed by atoms with Gasteiger partial charge in [0, 0.05) is 5.39 Å². The lowest BCUT2D eigenvalue weighted by Gasteiger charge is -2.04. The van der Waals surface area contributed by atoms with Gasteiger partial charge < -0.3 is 9.84 Å². The van der Waals surface area contributed by atoms with Crippen LogP contribution in [0.15, 0.2) is 30.3 Å². The van der Waals surface area contributed by atoms with Crippen LogP contribution in [0.5, 0.6) is 5.88 Å². The Labute approximate surface area is 92.5 Å². The third kappa shape index (κ3) is 1.82. The molecule has 2 aromatic rings. The van der Waals surface area contributed by atoms with E-state index in [0.717, 1.165) is 5.39 Å². The number of benzene rings is 1. The third-order valence-electron chi connectivity index (χ3n) is 2.20. The number of carbonyl (C=O) groups is 1. The zero-order valence-corrected chi connectivity index (χ0v) is 8.80. The highest BCUT2D eigenvalue weighted by molar-refractivity contribution is 5.95. The number of fused-ring (bicyclic) bond motifs is 1. The molecule has 0 radical (unpaired) electrons. The van der Waals surface area contributed by atoms with Gasteiger partial charge in [-0.15, -0.1) is 0 Å². The molecule has 16 heavy (non-hydrogen) atoms. The van der Waals surface area contributed by atoms with E-state index in [0.29, 0.717) is 5.39 Å². The Hall–Kier alpha value is -2.10. The molecule has 0 bridgehead atoms. The normalized spacial score (nSPS) is 10.3. The van der Waals surface area contributed by atoms with Crippen LogP contribution in [0.3, 0.4) is 0 Å². The van der Waals surface area contributed by atoms with Crippen molar-refractivity contribution in [2.75, 3.05) is 6.61 Å². The van der Waals surface area contributed by atoms with Gasteiger partial charge in [0.15, 0.2) is 5.69 Å². The van der Waals surface area contributed by atoms with E-state index in [1.54, 1.807) is 31.2 Å². The van der Waals surface area contributed by atoms with Gasteiger partial charge in [-0.2, -0.15) is 0 Å². The number of rotatable bonds is 2. The van der Waals surface area contributed by atoms with Gasteiger partial charge in [-0.1, -0.05) is 18.2 Å². The Bertz CT molecular complexity index is 537. The van der Waals surface area contributed by atoms with Crippen LogP contribution >= 0.6 is 0 Å². The van der Waals surface area contributed by atoms with E-state index in [1.165, 1.54) is 0 Å². The zero-order chi connectivity index (χ0) is 11.5. The maximum atomic E-state index is 11.4. The van der Waals surface area contributed by atoms with Crippen LogP contribution in [0.25, 0.3) is 10.8 Å². The molecule has 0 spiro atoms. The topological polar surface area (TPSA) is 59.4 Å². The molecule has 82 valence electrons. The first-order valence-electron chi connectivity index (χ1n) is 4.98. The highest BCUT2D eigenvalue weighted by atomic mass is 16.5. The highest BCUT2D eigenvalue weighted by Gasteiger charge is 2.11. The van der Waals surface area contributed by atoms with Crippen molar-refractivity contribution < 1.29 is 14.6 Å². The lowest BCUT2D eigenvalue weighted by Crippen LogP contribution is -2.06. The maximum Gasteiger partial charge on any atom is 0.357 e. The van der Waals surface area contributed by atoms with E-state index < -0.39 is 5.97 Å². The predicted octanol–water partition coefficient (Wildman–Crippen LogP) is 2.12. The Morgan fingerprint density at radius 3 is 2.94 bits per heavy atom. The van der Waals surface area contributed by atoms with Crippen molar-refractivity contribution in [3.63, 3.8) is 0 Å². The van der Waals surface area contributed by atoms with E-state index in [9.17, 15) is 9.90 Å². The van der Waals surface area contributed by atoms with Crippen molar-refractivity contribution >= 4 is 16.7 Å². The highest BCUT2D eigenvalue weighted by Crippen LogP contribution is 2.23. The molecule has 0 unspecified atom stereocenters. The summed E-state index contributed by atoms with van der Waals surface area (Å²) in [6.07, 6.45) is 0. The van der Waals surface area contributed by atoms with Crippen LogP contribution in [0, 0.1) is 0 Å². The van der Waals surface area contributed by atoms with Crippen molar-refractivity contribution in [3.8, 4) is 5.88 Å². The van der Waals surface area contributed by atoms with Gasteiger partial charge in [0.2, 0.25) is 5.88 Å². The molecule has 2 rings (SSSR count). The molecule has 0 aliphatic rings. The molecular weight excluding hydrogens is 206 g/mol. The van der Waals surface area contributed by atoms with Crippen LogP contribution in [-0.4, -0.2) is 22.7 Å².